The molecule has 1 fully saturated rings. The number of hydrogen-bond acceptors (Lipinski definition) is 5. The first-order valence-electron chi connectivity index (χ1n) is 7.49. The number of halogens is 1. The molecule has 0 aliphatic carbocycles. The smallest absolute Gasteiger partial charge is 0.213 e. The molecule has 0 spiro atoms. The fourth-order valence-corrected chi connectivity index (χ4v) is 2.96. The van der Waals surface area contributed by atoms with Crippen LogP contribution in [0.3, 0.4) is 0 Å². The predicted octanol–water partition coefficient (Wildman–Crippen LogP) is 3.13. The summed E-state index contributed by atoms with van der Waals surface area (Å²) in [7, 11) is 0. The molecular weight excluding hydrogens is 300 g/mol. The van der Waals surface area contributed by atoms with Crippen molar-refractivity contribution in [1.29, 1.82) is 0 Å². The Kier molecular flexibility index (Phi) is 4.73. The molecule has 6 heteroatoms. The number of aromatic nitrogens is 3. The molecule has 1 unspecified atom stereocenters. The van der Waals surface area contributed by atoms with Crippen molar-refractivity contribution in [3.8, 4) is 5.88 Å². The Morgan fingerprint density at radius 2 is 2.32 bits per heavy atom. The Morgan fingerprint density at radius 1 is 1.41 bits per heavy atom. The van der Waals surface area contributed by atoms with Crippen molar-refractivity contribution in [3.63, 3.8) is 0 Å². The third-order valence-electron chi connectivity index (χ3n) is 3.80. The number of piperidine rings is 1. The van der Waals surface area contributed by atoms with Gasteiger partial charge in [0.25, 0.3) is 0 Å². The molecule has 0 bridgehead atoms. The Hall–Kier alpha value is -1.88. The lowest BCUT2D eigenvalue weighted by Gasteiger charge is -2.33. The number of pyridine rings is 1. The van der Waals surface area contributed by atoms with Gasteiger partial charge in [-0.3, -0.25) is 0 Å². The minimum atomic E-state index is 0.446. The number of anilines is 1. The van der Waals surface area contributed by atoms with Gasteiger partial charge >= 0.3 is 0 Å². The van der Waals surface area contributed by atoms with E-state index < -0.39 is 0 Å². The molecule has 0 radical (unpaired) electrons. The van der Waals surface area contributed by atoms with Crippen LogP contribution in [0.4, 0.5) is 5.82 Å². The van der Waals surface area contributed by atoms with Crippen LogP contribution in [0.2, 0.25) is 5.02 Å². The molecule has 22 heavy (non-hydrogen) atoms. The fourth-order valence-electron chi connectivity index (χ4n) is 2.73. The van der Waals surface area contributed by atoms with E-state index in [0.717, 1.165) is 37.4 Å². The fraction of sp³-hybridized carbons (Fsp3) is 0.438. The maximum Gasteiger partial charge on any atom is 0.213 e. The third kappa shape index (κ3) is 3.65. The monoisotopic (exact) mass is 318 g/mol. The van der Waals surface area contributed by atoms with Crippen molar-refractivity contribution in [2.24, 2.45) is 5.92 Å². The summed E-state index contributed by atoms with van der Waals surface area (Å²) in [5.74, 6) is 1.95. The molecule has 0 amide bonds. The van der Waals surface area contributed by atoms with Crippen molar-refractivity contribution >= 4 is 17.4 Å². The lowest BCUT2D eigenvalue weighted by atomic mass is 9.99. The largest absolute Gasteiger partial charge is 0.477 e. The number of nitrogens with zero attached hydrogens (tertiary/aromatic N) is 4. The highest BCUT2D eigenvalue weighted by Gasteiger charge is 2.23. The van der Waals surface area contributed by atoms with Gasteiger partial charge in [0.15, 0.2) is 5.82 Å². The van der Waals surface area contributed by atoms with E-state index in [1.807, 2.05) is 25.1 Å². The Labute approximate surface area is 135 Å². The first-order chi connectivity index (χ1) is 10.7. The summed E-state index contributed by atoms with van der Waals surface area (Å²) in [5, 5.41) is 0.601. The average molecular weight is 319 g/mol. The van der Waals surface area contributed by atoms with Gasteiger partial charge in [-0.1, -0.05) is 17.7 Å². The zero-order chi connectivity index (χ0) is 15.4. The summed E-state index contributed by atoms with van der Waals surface area (Å²) in [6.45, 7) is 4.49. The summed E-state index contributed by atoms with van der Waals surface area (Å²) in [6, 6.07) is 5.83. The van der Waals surface area contributed by atoms with Crippen molar-refractivity contribution in [1.82, 2.24) is 15.0 Å². The van der Waals surface area contributed by atoms with E-state index in [4.69, 9.17) is 16.3 Å². The molecule has 2 aromatic heterocycles. The van der Waals surface area contributed by atoms with Gasteiger partial charge in [0.05, 0.1) is 12.8 Å². The number of ether oxygens (including phenoxy) is 1. The van der Waals surface area contributed by atoms with Gasteiger partial charge < -0.3 is 9.64 Å². The van der Waals surface area contributed by atoms with Crippen LogP contribution in [-0.4, -0.2) is 34.6 Å². The van der Waals surface area contributed by atoms with E-state index in [-0.39, 0.29) is 0 Å². The summed E-state index contributed by atoms with van der Waals surface area (Å²) in [5.41, 5.74) is 0.968. The SMILES string of the molecule is Cc1cccc(OCC2CCCN(c3ncncc3Cl)C2)n1. The number of rotatable bonds is 4. The molecular formula is C16H19ClN4O. The van der Waals surface area contributed by atoms with E-state index in [0.29, 0.717) is 23.4 Å². The van der Waals surface area contributed by atoms with E-state index in [1.165, 1.54) is 6.33 Å². The molecule has 1 saturated heterocycles. The van der Waals surface area contributed by atoms with Crippen LogP contribution < -0.4 is 9.64 Å². The van der Waals surface area contributed by atoms with Crippen molar-refractivity contribution in [3.05, 3.63) is 41.4 Å². The van der Waals surface area contributed by atoms with Gasteiger partial charge in [-0.2, -0.15) is 0 Å². The van der Waals surface area contributed by atoms with Crippen LogP contribution in [0.25, 0.3) is 0 Å². The van der Waals surface area contributed by atoms with Crippen LogP contribution in [0.1, 0.15) is 18.5 Å². The first-order valence-corrected chi connectivity index (χ1v) is 7.87. The summed E-state index contributed by atoms with van der Waals surface area (Å²) in [6.07, 6.45) is 5.43. The zero-order valence-corrected chi connectivity index (χ0v) is 13.3. The average Bonchev–Trinajstić information content (AvgIpc) is 2.54. The first kappa shape index (κ1) is 15.0. The molecule has 1 aliphatic heterocycles. The topological polar surface area (TPSA) is 51.1 Å². The third-order valence-corrected chi connectivity index (χ3v) is 4.06. The molecule has 3 heterocycles. The highest BCUT2D eigenvalue weighted by Crippen LogP contribution is 2.27. The summed E-state index contributed by atoms with van der Waals surface area (Å²) < 4.78 is 5.84. The highest BCUT2D eigenvalue weighted by molar-refractivity contribution is 6.32. The molecule has 1 aliphatic rings. The maximum absolute atomic E-state index is 6.19. The van der Waals surface area contributed by atoms with Gasteiger partial charge in [-0.25, -0.2) is 15.0 Å². The van der Waals surface area contributed by atoms with Gasteiger partial charge in [0.1, 0.15) is 11.3 Å². The van der Waals surface area contributed by atoms with Crippen LogP contribution in [0.15, 0.2) is 30.7 Å². The predicted molar refractivity (Wildman–Crippen MR) is 86.4 cm³/mol. The Balaban J connectivity index is 1.60. The molecule has 0 aromatic carbocycles. The van der Waals surface area contributed by atoms with Crippen LogP contribution in [-0.2, 0) is 0 Å². The van der Waals surface area contributed by atoms with E-state index in [2.05, 4.69) is 19.9 Å². The summed E-state index contributed by atoms with van der Waals surface area (Å²) in [4.78, 5) is 14.8. The molecule has 116 valence electrons. The number of aryl methyl sites for hydroxylation is 1. The summed E-state index contributed by atoms with van der Waals surface area (Å²) >= 11 is 6.19. The van der Waals surface area contributed by atoms with Gasteiger partial charge in [0, 0.05) is 30.8 Å². The highest BCUT2D eigenvalue weighted by atomic mass is 35.5. The second-order valence-electron chi connectivity index (χ2n) is 5.58. The van der Waals surface area contributed by atoms with Gasteiger partial charge in [-0.15, -0.1) is 0 Å². The Bertz CT molecular complexity index is 637. The van der Waals surface area contributed by atoms with Gasteiger partial charge in [-0.05, 0) is 25.8 Å². The van der Waals surface area contributed by atoms with Crippen molar-refractivity contribution in [2.75, 3.05) is 24.6 Å². The molecule has 3 rings (SSSR count). The second-order valence-corrected chi connectivity index (χ2v) is 5.98. The second kappa shape index (κ2) is 6.92. The van der Waals surface area contributed by atoms with E-state index in [9.17, 15) is 0 Å². The maximum atomic E-state index is 6.19. The standard InChI is InChI=1S/C16H19ClN4O/c1-12-4-2-6-15(20-12)22-10-13-5-3-7-21(9-13)16-14(17)8-18-11-19-16/h2,4,6,8,11,13H,3,5,7,9-10H2,1H3. The zero-order valence-electron chi connectivity index (χ0n) is 12.6. The van der Waals surface area contributed by atoms with Crippen molar-refractivity contribution < 1.29 is 4.74 Å². The molecule has 2 aromatic rings. The van der Waals surface area contributed by atoms with Crippen molar-refractivity contribution in [2.45, 2.75) is 19.8 Å². The van der Waals surface area contributed by atoms with Crippen LogP contribution in [0.5, 0.6) is 5.88 Å². The van der Waals surface area contributed by atoms with Crippen LogP contribution >= 0.6 is 11.6 Å². The molecule has 0 saturated carbocycles. The lowest BCUT2D eigenvalue weighted by Crippen LogP contribution is -2.38. The van der Waals surface area contributed by atoms with Crippen LogP contribution in [0, 0.1) is 12.8 Å². The lowest BCUT2D eigenvalue weighted by molar-refractivity contribution is 0.221. The minimum absolute atomic E-state index is 0.446. The molecule has 0 N–H and O–H groups in total. The van der Waals surface area contributed by atoms with E-state index >= 15 is 0 Å². The minimum Gasteiger partial charge on any atom is -0.477 e. The number of hydrogen-bond donors (Lipinski definition) is 0. The van der Waals surface area contributed by atoms with E-state index in [1.54, 1.807) is 6.20 Å². The Morgan fingerprint density at radius 3 is 3.14 bits per heavy atom. The normalized spacial score (nSPS) is 18.3. The van der Waals surface area contributed by atoms with Gasteiger partial charge in [0.2, 0.25) is 5.88 Å². The quantitative estimate of drug-likeness (QED) is 0.867. The molecule has 5 nitrogen and oxygen atoms in total. The molecule has 1 atom stereocenters.